The molecule has 0 aromatic carbocycles. The molecule has 0 aliphatic carbocycles. The van der Waals surface area contributed by atoms with Crippen molar-refractivity contribution in [3.05, 3.63) is 60.4 Å². The first-order valence-corrected chi connectivity index (χ1v) is 11.9. The summed E-state index contributed by atoms with van der Waals surface area (Å²) in [6, 6.07) is 3.60. The number of pyridine rings is 1. The van der Waals surface area contributed by atoms with Crippen molar-refractivity contribution in [2.75, 3.05) is 6.54 Å². The fraction of sp³-hybridized carbons (Fsp3) is 0.500. The van der Waals surface area contributed by atoms with E-state index in [1.165, 1.54) is 0 Å². The zero-order chi connectivity index (χ0) is 26.1. The predicted molar refractivity (Wildman–Crippen MR) is 139 cm³/mol. The fourth-order valence-electron chi connectivity index (χ4n) is 2.86. The standard InChI is InChI=1S/C20H27ClN3O.C6H12NO2.Y/c1-6-17-19(24-12-16(21)9-10-18(24)23-17)20(25)22-11-14(4)7-8-15(5)13(2)3;1-6(2,3)9-5(8)7-4;/h7,9-10,12-13,15H,2,6,8,11H2,1,3-5H3,(H,22,25);4H2,1-3H3,(H,7,8);/q2*-1;/b14-7+;;. The maximum Gasteiger partial charge on any atom is 0.377 e. The second-order valence-electron chi connectivity index (χ2n) is 9.44. The zero-order valence-electron chi connectivity index (χ0n) is 22.1. The Morgan fingerprint density at radius 2 is 1.91 bits per heavy atom. The minimum absolute atomic E-state index is 0. The Balaban J connectivity index is 0.000000989. The summed E-state index contributed by atoms with van der Waals surface area (Å²) in [7, 11) is 3.15. The average Bonchev–Trinajstić information content (AvgIpc) is 3.12. The molecule has 0 spiro atoms. The Bertz CT molecular complexity index is 996. The number of carbonyl (C=O) groups excluding carboxylic acids is 2. The number of halogens is 1. The van der Waals surface area contributed by atoms with Crippen molar-refractivity contribution < 1.29 is 47.0 Å². The van der Waals surface area contributed by atoms with Gasteiger partial charge >= 0.3 is 6.09 Å². The van der Waals surface area contributed by atoms with Crippen molar-refractivity contribution in [2.24, 2.45) is 11.8 Å². The van der Waals surface area contributed by atoms with Crippen molar-refractivity contribution >= 4 is 29.2 Å². The molecule has 2 aromatic heterocycles. The second kappa shape index (κ2) is 15.6. The topological polar surface area (TPSA) is 84.7 Å². The average molecular weight is 580 g/mol. The predicted octanol–water partition coefficient (Wildman–Crippen LogP) is 6.02. The molecule has 2 rings (SSSR count). The van der Waals surface area contributed by atoms with Gasteiger partial charge in [0.25, 0.3) is 5.91 Å². The summed E-state index contributed by atoms with van der Waals surface area (Å²) in [5, 5.41) is 5.69. The molecule has 0 fully saturated rings. The van der Waals surface area contributed by atoms with Crippen LogP contribution in [-0.2, 0) is 43.9 Å². The van der Waals surface area contributed by atoms with Crippen LogP contribution >= 0.6 is 11.6 Å². The van der Waals surface area contributed by atoms with E-state index in [1.54, 1.807) is 37.4 Å². The molecule has 35 heavy (non-hydrogen) atoms. The second-order valence-corrected chi connectivity index (χ2v) is 9.87. The summed E-state index contributed by atoms with van der Waals surface area (Å²) in [5.74, 6) is 0.810. The first-order valence-electron chi connectivity index (χ1n) is 11.5. The maximum absolute atomic E-state index is 12.7. The minimum Gasteiger partial charge on any atom is -0.473 e. The summed E-state index contributed by atoms with van der Waals surface area (Å²) in [4.78, 5) is 27.7. The van der Waals surface area contributed by atoms with Gasteiger partial charge in [-0.3, -0.25) is 16.2 Å². The third kappa shape index (κ3) is 11.9. The number of nitrogens with one attached hydrogen (secondary N) is 2. The largest absolute Gasteiger partial charge is 0.473 e. The number of hydrogen-bond acceptors (Lipinski definition) is 4. The Hall–Kier alpha value is -1.44. The SMILES string of the molecule is [CH2-]C(C)C(C)C/C=C(\C)CNC(=O)c1c(CC)nc2ccc(Cl)cn12.[CH2-]NC(=O)OC(C)(C)C.[Y]. The Morgan fingerprint density at radius 3 is 2.40 bits per heavy atom. The van der Waals surface area contributed by atoms with Crippen molar-refractivity contribution in [3.63, 3.8) is 0 Å². The van der Waals surface area contributed by atoms with Gasteiger partial charge in [-0.1, -0.05) is 49.9 Å². The smallest absolute Gasteiger partial charge is 0.377 e. The van der Waals surface area contributed by atoms with E-state index in [-0.39, 0.29) is 38.6 Å². The summed E-state index contributed by atoms with van der Waals surface area (Å²) in [6.07, 6.45) is 5.08. The molecule has 7 nitrogen and oxygen atoms in total. The molecule has 0 saturated carbocycles. The van der Waals surface area contributed by atoms with Gasteiger partial charge in [0, 0.05) is 45.5 Å². The molecule has 0 aliphatic heterocycles. The Kier molecular flexibility index (Phi) is 15.0. The molecule has 2 amide bonds. The molecule has 0 bridgehead atoms. The number of aryl methyl sites for hydroxylation is 1. The van der Waals surface area contributed by atoms with Gasteiger partial charge in [-0.15, -0.1) is 0 Å². The molecule has 0 saturated heterocycles. The van der Waals surface area contributed by atoms with Crippen LogP contribution in [0.25, 0.3) is 5.65 Å². The van der Waals surface area contributed by atoms with E-state index in [0.29, 0.717) is 35.5 Å². The van der Waals surface area contributed by atoms with Crippen LogP contribution in [0.4, 0.5) is 4.79 Å². The molecule has 2 atom stereocenters. The summed E-state index contributed by atoms with van der Waals surface area (Å²) < 4.78 is 6.54. The van der Waals surface area contributed by atoms with Gasteiger partial charge in [-0.25, -0.2) is 9.78 Å². The van der Waals surface area contributed by atoms with Crippen LogP contribution in [0, 0.1) is 25.8 Å². The van der Waals surface area contributed by atoms with E-state index < -0.39 is 11.7 Å². The van der Waals surface area contributed by atoms with E-state index in [9.17, 15) is 9.59 Å². The van der Waals surface area contributed by atoms with Gasteiger partial charge in [-0.05, 0) is 52.7 Å². The molecule has 2 aromatic rings. The molecule has 2 heterocycles. The first kappa shape index (κ1) is 33.6. The van der Waals surface area contributed by atoms with Crippen molar-refractivity contribution in [1.29, 1.82) is 0 Å². The van der Waals surface area contributed by atoms with Crippen LogP contribution in [0.5, 0.6) is 0 Å². The van der Waals surface area contributed by atoms with Crippen molar-refractivity contribution in [1.82, 2.24) is 20.0 Å². The van der Waals surface area contributed by atoms with Crippen LogP contribution in [0.3, 0.4) is 0 Å². The molecule has 1 radical (unpaired) electrons. The number of aromatic nitrogens is 2. The number of fused-ring (bicyclic) bond motifs is 1. The van der Waals surface area contributed by atoms with Crippen LogP contribution in [0.2, 0.25) is 5.02 Å². The van der Waals surface area contributed by atoms with Crippen molar-refractivity contribution in [3.8, 4) is 0 Å². The number of allylic oxidation sites excluding steroid dienone is 1. The van der Waals surface area contributed by atoms with Crippen molar-refractivity contribution in [2.45, 2.75) is 66.9 Å². The molecule has 2 unspecified atom stereocenters. The number of nitrogens with zero attached hydrogens (tertiary/aromatic N) is 2. The quantitative estimate of drug-likeness (QED) is 0.310. The Labute approximate surface area is 240 Å². The minimum atomic E-state index is -0.498. The van der Waals surface area contributed by atoms with E-state index in [0.717, 1.165) is 23.3 Å². The zero-order valence-corrected chi connectivity index (χ0v) is 25.7. The van der Waals surface area contributed by atoms with E-state index >= 15 is 0 Å². The van der Waals surface area contributed by atoms with E-state index in [2.05, 4.69) is 49.5 Å². The summed E-state index contributed by atoms with van der Waals surface area (Å²) in [5.41, 5.74) is 2.79. The van der Waals surface area contributed by atoms with Crippen LogP contribution < -0.4 is 10.6 Å². The number of imidazole rings is 1. The molecular formula is C26H39ClN4O3Y-2. The van der Waals surface area contributed by atoms with Gasteiger partial charge in [-0.2, -0.15) is 5.92 Å². The molecule has 0 aliphatic rings. The van der Waals surface area contributed by atoms with Gasteiger partial charge in [0.15, 0.2) is 0 Å². The number of hydrogen-bond donors (Lipinski definition) is 2. The Morgan fingerprint density at radius 1 is 1.29 bits per heavy atom. The normalized spacial score (nSPS) is 13.1. The first-order chi connectivity index (χ1) is 15.8. The van der Waals surface area contributed by atoms with Crippen LogP contribution in [0.1, 0.15) is 71.1 Å². The fourth-order valence-corrected chi connectivity index (χ4v) is 3.02. The molecular weight excluding hydrogens is 541 g/mol. The molecule has 2 N–H and O–H groups in total. The van der Waals surface area contributed by atoms with Gasteiger partial charge in [0.05, 0.1) is 10.7 Å². The maximum atomic E-state index is 12.7. The third-order valence-corrected chi connectivity index (χ3v) is 5.31. The number of amides is 2. The molecule has 9 heteroatoms. The van der Waals surface area contributed by atoms with E-state index in [4.69, 9.17) is 16.3 Å². The number of alkyl carbamates (subject to hydrolysis) is 1. The van der Waals surface area contributed by atoms with E-state index in [1.807, 2.05) is 19.9 Å². The monoisotopic (exact) mass is 579 g/mol. The number of carbonyl (C=O) groups is 2. The number of rotatable bonds is 7. The summed E-state index contributed by atoms with van der Waals surface area (Å²) >= 11 is 6.08. The summed E-state index contributed by atoms with van der Waals surface area (Å²) in [6.45, 7) is 18.3. The van der Waals surface area contributed by atoms with Crippen LogP contribution in [-0.4, -0.2) is 33.5 Å². The number of ether oxygens (including phenoxy) is 1. The van der Waals surface area contributed by atoms with Gasteiger partial charge < -0.3 is 22.3 Å². The van der Waals surface area contributed by atoms with Gasteiger partial charge in [0.2, 0.25) is 0 Å². The van der Waals surface area contributed by atoms with Crippen LogP contribution in [0.15, 0.2) is 30.0 Å². The third-order valence-electron chi connectivity index (χ3n) is 5.09. The molecule has 193 valence electrons. The van der Waals surface area contributed by atoms with Gasteiger partial charge in [0.1, 0.15) is 16.9 Å².